The molecule has 0 radical (unpaired) electrons. The molecule has 0 saturated heterocycles. The Labute approximate surface area is 165 Å². The van der Waals surface area contributed by atoms with Gasteiger partial charge in [-0.05, 0) is 35.9 Å². The number of benzene rings is 2. The van der Waals surface area contributed by atoms with Crippen molar-refractivity contribution in [3.05, 3.63) is 94.2 Å². The molecule has 0 spiro atoms. The number of pyridine rings is 1. The van der Waals surface area contributed by atoms with Crippen molar-refractivity contribution in [1.82, 2.24) is 4.98 Å². The maximum atomic E-state index is 12.5. The van der Waals surface area contributed by atoms with Crippen LogP contribution < -0.4 is 5.32 Å². The zero-order valence-corrected chi connectivity index (χ0v) is 16.0. The van der Waals surface area contributed by atoms with Gasteiger partial charge >= 0.3 is 5.97 Å². The van der Waals surface area contributed by atoms with Crippen LogP contribution in [0.2, 0.25) is 0 Å². The average molecular weight is 425 g/mol. The number of nitrogens with zero attached hydrogens (tertiary/aromatic N) is 1. The van der Waals surface area contributed by atoms with Gasteiger partial charge in [-0.15, -0.1) is 0 Å². The quantitative estimate of drug-likeness (QED) is 0.596. The van der Waals surface area contributed by atoms with Crippen LogP contribution in [0.1, 0.15) is 21.6 Å². The third-order valence-electron chi connectivity index (χ3n) is 3.76. The number of nitrogens with one attached hydrogen (secondary N) is 1. The highest BCUT2D eigenvalue weighted by molar-refractivity contribution is 9.10. The Balaban J connectivity index is 1.70. The van der Waals surface area contributed by atoms with Crippen LogP contribution in [0.4, 0.5) is 5.69 Å². The zero-order valence-electron chi connectivity index (χ0n) is 14.4. The fraction of sp³-hybridized carbons (Fsp3) is 0.0952. The Morgan fingerprint density at radius 3 is 2.52 bits per heavy atom. The summed E-state index contributed by atoms with van der Waals surface area (Å²) in [5, 5.41) is 2.77. The predicted octanol–water partition coefficient (Wildman–Crippen LogP) is 4.38. The Kier molecular flexibility index (Phi) is 6.33. The highest BCUT2D eigenvalue weighted by Gasteiger charge is 2.16. The van der Waals surface area contributed by atoms with E-state index in [0.717, 1.165) is 10.0 Å². The zero-order chi connectivity index (χ0) is 19.1. The van der Waals surface area contributed by atoms with Gasteiger partial charge in [0.2, 0.25) is 5.91 Å². The molecule has 1 aromatic heterocycles. The van der Waals surface area contributed by atoms with E-state index in [1.165, 1.54) is 0 Å². The number of carbonyl (C=O) groups excluding carboxylic acids is 2. The summed E-state index contributed by atoms with van der Waals surface area (Å²) in [6.45, 7) is 0.164. The van der Waals surface area contributed by atoms with E-state index in [2.05, 4.69) is 26.2 Å². The maximum Gasteiger partial charge on any atom is 0.340 e. The number of ether oxygens (including phenoxy) is 1. The van der Waals surface area contributed by atoms with Crippen LogP contribution in [0.25, 0.3) is 0 Å². The van der Waals surface area contributed by atoms with Crippen LogP contribution in [0, 0.1) is 0 Å². The van der Waals surface area contributed by atoms with Crippen LogP contribution in [0.15, 0.2) is 77.4 Å². The number of esters is 1. The molecule has 6 heteroatoms. The molecule has 0 aliphatic heterocycles. The summed E-state index contributed by atoms with van der Waals surface area (Å²) < 4.78 is 6.12. The van der Waals surface area contributed by atoms with Gasteiger partial charge in [0.05, 0.1) is 17.7 Å². The molecule has 3 rings (SSSR count). The summed E-state index contributed by atoms with van der Waals surface area (Å²) in [5.41, 5.74) is 2.23. The summed E-state index contributed by atoms with van der Waals surface area (Å²) in [6, 6.07) is 19.8. The molecule has 5 nitrogen and oxygen atoms in total. The Morgan fingerprint density at radius 2 is 1.78 bits per heavy atom. The number of aromatic nitrogens is 1. The van der Waals surface area contributed by atoms with Crippen molar-refractivity contribution in [3.8, 4) is 0 Å². The third-order valence-corrected chi connectivity index (χ3v) is 4.25. The molecule has 1 amide bonds. The van der Waals surface area contributed by atoms with Gasteiger partial charge in [-0.25, -0.2) is 4.79 Å². The molecule has 2 aromatic carbocycles. The summed E-state index contributed by atoms with van der Waals surface area (Å²) in [7, 11) is 0. The van der Waals surface area contributed by atoms with Crippen molar-refractivity contribution >= 4 is 33.5 Å². The first-order valence-electron chi connectivity index (χ1n) is 8.32. The summed E-state index contributed by atoms with van der Waals surface area (Å²) in [6.07, 6.45) is 1.75. The van der Waals surface area contributed by atoms with Gasteiger partial charge in [0.25, 0.3) is 0 Å². The van der Waals surface area contributed by atoms with Crippen molar-refractivity contribution in [1.29, 1.82) is 0 Å². The second kappa shape index (κ2) is 9.09. The van der Waals surface area contributed by atoms with Crippen LogP contribution >= 0.6 is 15.9 Å². The lowest BCUT2D eigenvalue weighted by molar-refractivity contribution is -0.115. The van der Waals surface area contributed by atoms with Gasteiger partial charge in [-0.2, -0.15) is 0 Å². The summed E-state index contributed by atoms with van der Waals surface area (Å²) >= 11 is 3.36. The Bertz CT molecular complexity index is 931. The first kappa shape index (κ1) is 18.8. The highest BCUT2D eigenvalue weighted by Crippen LogP contribution is 2.23. The van der Waals surface area contributed by atoms with Crippen molar-refractivity contribution in [3.63, 3.8) is 0 Å². The lowest BCUT2D eigenvalue weighted by Gasteiger charge is -2.12. The average Bonchev–Trinajstić information content (AvgIpc) is 2.68. The topological polar surface area (TPSA) is 68.3 Å². The number of anilines is 1. The van der Waals surface area contributed by atoms with E-state index in [1.54, 1.807) is 36.5 Å². The van der Waals surface area contributed by atoms with Gasteiger partial charge in [0.15, 0.2) is 0 Å². The van der Waals surface area contributed by atoms with E-state index in [9.17, 15) is 9.59 Å². The van der Waals surface area contributed by atoms with E-state index in [-0.39, 0.29) is 18.9 Å². The van der Waals surface area contributed by atoms with Crippen molar-refractivity contribution < 1.29 is 14.3 Å². The van der Waals surface area contributed by atoms with E-state index in [1.807, 2.05) is 36.4 Å². The third kappa shape index (κ3) is 5.49. The molecule has 0 unspecified atom stereocenters. The fourth-order valence-corrected chi connectivity index (χ4v) is 2.82. The molecule has 1 heterocycles. The van der Waals surface area contributed by atoms with E-state index in [0.29, 0.717) is 16.9 Å². The van der Waals surface area contributed by atoms with Crippen molar-refractivity contribution in [2.75, 3.05) is 5.32 Å². The number of rotatable bonds is 6. The second-order valence-corrected chi connectivity index (χ2v) is 6.71. The maximum absolute atomic E-state index is 12.5. The molecule has 0 saturated carbocycles. The van der Waals surface area contributed by atoms with Gasteiger partial charge < -0.3 is 10.1 Å². The molecular formula is C21H17BrN2O3. The minimum absolute atomic E-state index is 0.117. The SMILES string of the molecule is O=C(Cc1ccccn1)Nc1cc(Br)ccc1C(=O)OCc1ccccc1. The lowest BCUT2D eigenvalue weighted by atomic mass is 10.1. The molecular weight excluding hydrogens is 408 g/mol. The van der Waals surface area contributed by atoms with Gasteiger partial charge in [0, 0.05) is 16.4 Å². The first-order valence-corrected chi connectivity index (χ1v) is 9.11. The standard InChI is InChI=1S/C21H17BrN2O3/c22-16-9-10-18(21(26)27-14-15-6-2-1-3-7-15)19(12-16)24-20(25)13-17-8-4-5-11-23-17/h1-12H,13-14H2,(H,24,25). The molecule has 0 aliphatic rings. The van der Waals surface area contributed by atoms with E-state index < -0.39 is 5.97 Å². The normalized spacial score (nSPS) is 10.3. The Morgan fingerprint density at radius 1 is 1.00 bits per heavy atom. The number of carbonyl (C=O) groups is 2. The Hall–Kier alpha value is -2.99. The van der Waals surface area contributed by atoms with E-state index >= 15 is 0 Å². The number of hydrogen-bond acceptors (Lipinski definition) is 4. The molecule has 0 atom stereocenters. The van der Waals surface area contributed by atoms with Crippen LogP contribution in [-0.4, -0.2) is 16.9 Å². The van der Waals surface area contributed by atoms with Gasteiger partial charge in [-0.1, -0.05) is 52.3 Å². The highest BCUT2D eigenvalue weighted by atomic mass is 79.9. The van der Waals surface area contributed by atoms with Crippen molar-refractivity contribution in [2.24, 2.45) is 0 Å². The summed E-state index contributed by atoms with van der Waals surface area (Å²) in [5.74, 6) is -0.761. The smallest absolute Gasteiger partial charge is 0.340 e. The number of halogens is 1. The number of amides is 1. The lowest BCUT2D eigenvalue weighted by Crippen LogP contribution is -2.18. The second-order valence-electron chi connectivity index (χ2n) is 5.80. The molecule has 3 aromatic rings. The molecule has 0 bridgehead atoms. The molecule has 27 heavy (non-hydrogen) atoms. The fourth-order valence-electron chi connectivity index (χ4n) is 2.46. The van der Waals surface area contributed by atoms with Crippen molar-refractivity contribution in [2.45, 2.75) is 13.0 Å². The van der Waals surface area contributed by atoms with Gasteiger partial charge in [0.1, 0.15) is 6.61 Å². The molecule has 0 fully saturated rings. The number of hydrogen-bond donors (Lipinski definition) is 1. The molecule has 1 N–H and O–H groups in total. The summed E-state index contributed by atoms with van der Waals surface area (Å²) in [4.78, 5) is 29.0. The predicted molar refractivity (Wildman–Crippen MR) is 106 cm³/mol. The largest absolute Gasteiger partial charge is 0.457 e. The minimum atomic E-state index is -0.500. The monoisotopic (exact) mass is 424 g/mol. The van der Waals surface area contributed by atoms with Crippen LogP contribution in [0.5, 0.6) is 0 Å². The molecule has 136 valence electrons. The molecule has 0 aliphatic carbocycles. The first-order chi connectivity index (χ1) is 13.1. The van der Waals surface area contributed by atoms with Gasteiger partial charge in [-0.3, -0.25) is 9.78 Å². The minimum Gasteiger partial charge on any atom is -0.457 e. The van der Waals surface area contributed by atoms with Crippen LogP contribution in [-0.2, 0) is 22.6 Å². The van der Waals surface area contributed by atoms with E-state index in [4.69, 9.17) is 4.74 Å². The van der Waals surface area contributed by atoms with Crippen LogP contribution in [0.3, 0.4) is 0 Å².